The number of hydrogen-bond donors (Lipinski definition) is 0. The van der Waals surface area contributed by atoms with Crippen LogP contribution in [0.4, 0.5) is 18.9 Å². The molecule has 0 aliphatic carbocycles. The number of pyridine rings is 1. The summed E-state index contributed by atoms with van der Waals surface area (Å²) < 4.78 is 45.6. The molecule has 1 saturated heterocycles. The van der Waals surface area contributed by atoms with Gasteiger partial charge in [0, 0.05) is 20.7 Å². The molecular formula is C10H11F3N2. The Morgan fingerprint density at radius 2 is 2.20 bits per heavy atom. The lowest BCUT2D eigenvalue weighted by molar-refractivity contribution is -0.137. The second kappa shape index (κ2) is 3.72. The molecule has 5 heteroatoms. The van der Waals surface area contributed by atoms with Gasteiger partial charge in [-0.1, -0.05) is 0 Å². The third kappa shape index (κ3) is 2.06. The van der Waals surface area contributed by atoms with E-state index in [1.54, 1.807) is 4.90 Å². The minimum Gasteiger partial charge on any atom is -0.370 e. The van der Waals surface area contributed by atoms with E-state index in [2.05, 4.69) is 4.98 Å². The molecule has 0 amide bonds. The van der Waals surface area contributed by atoms with Crippen molar-refractivity contribution in [2.75, 3.05) is 18.0 Å². The van der Waals surface area contributed by atoms with Gasteiger partial charge in [0.05, 0.1) is 17.4 Å². The number of nitrogens with zero attached hydrogens (tertiary/aromatic N) is 2. The Labute approximate surface area is 87.1 Å². The van der Waals surface area contributed by atoms with Gasteiger partial charge in [0.15, 0.2) is 0 Å². The van der Waals surface area contributed by atoms with E-state index in [9.17, 15) is 13.2 Å². The summed E-state index contributed by atoms with van der Waals surface area (Å²) >= 11 is 0. The molecule has 1 aliphatic heterocycles. The Balaban J connectivity index is 2.34. The molecule has 0 N–H and O–H groups in total. The first-order valence-corrected chi connectivity index (χ1v) is 4.67. The van der Waals surface area contributed by atoms with Crippen LogP contribution in [0.25, 0.3) is 0 Å². The van der Waals surface area contributed by atoms with Gasteiger partial charge in [-0.15, -0.1) is 0 Å². The first kappa shape index (κ1) is 9.00. The average Bonchev–Trinajstić information content (AvgIpc) is 2.64. The number of aromatic nitrogens is 1. The number of halogens is 3. The van der Waals surface area contributed by atoms with Crippen LogP contribution in [0, 0.1) is 0 Å². The van der Waals surface area contributed by atoms with Crippen molar-refractivity contribution >= 4 is 5.69 Å². The minimum absolute atomic E-state index is 0.0877. The van der Waals surface area contributed by atoms with E-state index >= 15 is 0 Å². The van der Waals surface area contributed by atoms with Crippen molar-refractivity contribution in [3.05, 3.63) is 24.0 Å². The van der Waals surface area contributed by atoms with Gasteiger partial charge in [-0.3, -0.25) is 4.98 Å². The maximum atomic E-state index is 12.7. The second-order valence-electron chi connectivity index (χ2n) is 3.41. The maximum absolute atomic E-state index is 12.7. The quantitative estimate of drug-likeness (QED) is 0.719. The van der Waals surface area contributed by atoms with Crippen molar-refractivity contribution in [1.29, 1.82) is 0 Å². The average molecular weight is 217 g/mol. The molecule has 1 fully saturated rings. The standard InChI is InChI=1S/C10H11F3N2/c11-10(12,13)8-3-4-14-7-9(8)15-5-1-2-6-15/h3-4,7H,1-2,5-6H2/i1D/t1-/m0/s1. The molecule has 0 saturated carbocycles. The molecule has 2 rings (SSSR count). The summed E-state index contributed by atoms with van der Waals surface area (Å²) in [7, 11) is 0. The van der Waals surface area contributed by atoms with Crippen LogP contribution in [-0.4, -0.2) is 18.1 Å². The number of alkyl halides is 3. The van der Waals surface area contributed by atoms with Crippen LogP contribution < -0.4 is 4.90 Å². The van der Waals surface area contributed by atoms with Gasteiger partial charge in [0.25, 0.3) is 0 Å². The maximum Gasteiger partial charge on any atom is 0.418 e. The van der Waals surface area contributed by atoms with E-state index in [4.69, 9.17) is 1.37 Å². The van der Waals surface area contributed by atoms with Crippen LogP contribution in [0.3, 0.4) is 0 Å². The first-order valence-electron chi connectivity index (χ1n) is 5.24. The molecule has 1 atom stereocenters. The summed E-state index contributed by atoms with van der Waals surface area (Å²) in [5.41, 5.74) is -0.582. The van der Waals surface area contributed by atoms with E-state index in [0.717, 1.165) is 12.3 Å². The van der Waals surface area contributed by atoms with Crippen molar-refractivity contribution in [2.45, 2.75) is 19.0 Å². The van der Waals surface area contributed by atoms with Gasteiger partial charge >= 0.3 is 6.18 Å². The summed E-state index contributed by atoms with van der Waals surface area (Å²) in [4.78, 5) is 5.30. The van der Waals surface area contributed by atoms with Crippen LogP contribution >= 0.6 is 0 Å². The Kier molecular flexibility index (Phi) is 2.23. The molecule has 0 spiro atoms. The first-order chi connectivity index (χ1) is 7.48. The van der Waals surface area contributed by atoms with E-state index in [0.29, 0.717) is 19.5 Å². The van der Waals surface area contributed by atoms with Gasteiger partial charge in [0.2, 0.25) is 0 Å². The zero-order chi connectivity index (χ0) is 11.8. The van der Waals surface area contributed by atoms with Crippen LogP contribution in [0.2, 0.25) is 0 Å². The van der Waals surface area contributed by atoms with Crippen molar-refractivity contribution in [3.63, 3.8) is 0 Å². The summed E-state index contributed by atoms with van der Waals surface area (Å²) in [5, 5.41) is 0. The Morgan fingerprint density at radius 1 is 1.40 bits per heavy atom. The summed E-state index contributed by atoms with van der Waals surface area (Å²) in [5.74, 6) is 0. The Hall–Kier alpha value is -1.26. The van der Waals surface area contributed by atoms with Crippen molar-refractivity contribution in [1.82, 2.24) is 4.98 Å². The lowest BCUT2D eigenvalue weighted by Gasteiger charge is -2.21. The van der Waals surface area contributed by atoms with Crippen molar-refractivity contribution < 1.29 is 14.5 Å². The van der Waals surface area contributed by atoms with Gasteiger partial charge < -0.3 is 4.90 Å². The highest BCUT2D eigenvalue weighted by Crippen LogP contribution is 2.36. The van der Waals surface area contributed by atoms with Crippen LogP contribution in [-0.2, 0) is 6.18 Å². The minimum atomic E-state index is -4.36. The largest absolute Gasteiger partial charge is 0.418 e. The highest BCUT2D eigenvalue weighted by Gasteiger charge is 2.35. The molecule has 1 aromatic rings. The van der Waals surface area contributed by atoms with Gasteiger partial charge in [0.1, 0.15) is 0 Å². The molecule has 15 heavy (non-hydrogen) atoms. The molecule has 0 bridgehead atoms. The van der Waals surface area contributed by atoms with Crippen molar-refractivity contribution in [3.8, 4) is 0 Å². The fourth-order valence-electron chi connectivity index (χ4n) is 1.68. The third-order valence-electron chi connectivity index (χ3n) is 2.40. The lowest BCUT2D eigenvalue weighted by Crippen LogP contribution is -2.22. The summed E-state index contributed by atoms with van der Waals surface area (Å²) in [6, 6.07) is 0.979. The normalized spacial score (nSPS) is 23.0. The zero-order valence-corrected chi connectivity index (χ0v) is 7.96. The molecular weight excluding hydrogens is 205 g/mol. The summed E-state index contributed by atoms with van der Waals surface area (Å²) in [6.07, 6.45) is -1.70. The number of anilines is 1. The number of hydrogen-bond acceptors (Lipinski definition) is 2. The molecule has 0 aromatic carbocycles. The predicted octanol–water partition coefficient (Wildman–Crippen LogP) is 2.70. The molecule has 1 aliphatic rings. The van der Waals surface area contributed by atoms with Crippen LogP contribution in [0.1, 0.15) is 19.8 Å². The number of rotatable bonds is 1. The Morgan fingerprint density at radius 3 is 2.80 bits per heavy atom. The summed E-state index contributed by atoms with van der Waals surface area (Å²) in [6.45, 7) is 0.831. The predicted molar refractivity (Wildman–Crippen MR) is 50.7 cm³/mol. The molecule has 2 heterocycles. The van der Waals surface area contributed by atoms with Crippen LogP contribution in [0.15, 0.2) is 18.5 Å². The van der Waals surface area contributed by atoms with Gasteiger partial charge in [-0.05, 0) is 18.9 Å². The zero-order valence-electron chi connectivity index (χ0n) is 8.96. The van der Waals surface area contributed by atoms with Gasteiger partial charge in [-0.25, -0.2) is 0 Å². The third-order valence-corrected chi connectivity index (χ3v) is 2.40. The smallest absolute Gasteiger partial charge is 0.370 e. The highest BCUT2D eigenvalue weighted by molar-refractivity contribution is 5.53. The van der Waals surface area contributed by atoms with Crippen molar-refractivity contribution in [2.24, 2.45) is 0 Å². The van der Waals surface area contributed by atoms with Gasteiger partial charge in [-0.2, -0.15) is 13.2 Å². The molecule has 2 nitrogen and oxygen atoms in total. The topological polar surface area (TPSA) is 16.1 Å². The highest BCUT2D eigenvalue weighted by atomic mass is 19.4. The Bertz CT molecular complexity index is 381. The lowest BCUT2D eigenvalue weighted by atomic mass is 10.2. The van der Waals surface area contributed by atoms with Crippen LogP contribution in [0.5, 0.6) is 0 Å². The fourth-order valence-corrected chi connectivity index (χ4v) is 1.68. The second-order valence-corrected chi connectivity index (χ2v) is 3.41. The molecule has 0 radical (unpaired) electrons. The van der Waals surface area contributed by atoms with E-state index < -0.39 is 11.7 Å². The monoisotopic (exact) mass is 217 g/mol. The van der Waals surface area contributed by atoms with E-state index in [-0.39, 0.29) is 12.1 Å². The SMILES string of the molecule is [2H][C@H]1CCN(c2cnccc2C(F)(F)F)C1. The molecule has 1 aromatic heterocycles. The van der Waals surface area contributed by atoms with E-state index in [1.165, 1.54) is 6.20 Å². The molecule has 82 valence electrons. The fraction of sp³-hybridized carbons (Fsp3) is 0.500. The molecule has 0 unspecified atom stereocenters. The van der Waals surface area contributed by atoms with E-state index in [1.807, 2.05) is 0 Å².